The molecule has 0 aromatic rings. The van der Waals surface area contributed by atoms with Gasteiger partial charge in [0.25, 0.3) is 0 Å². The number of carbonyl (C=O) groups excluding carboxylic acids is 1. The Morgan fingerprint density at radius 2 is 1.88 bits per heavy atom. The predicted octanol–water partition coefficient (Wildman–Crippen LogP) is 3.61. The van der Waals surface area contributed by atoms with Gasteiger partial charge in [0.1, 0.15) is 0 Å². The molecule has 3 saturated carbocycles. The fourth-order valence-electron chi connectivity index (χ4n) is 7.10. The third-order valence-electron chi connectivity index (χ3n) is 8.22. The lowest BCUT2D eigenvalue weighted by molar-refractivity contribution is -0.218. The lowest BCUT2D eigenvalue weighted by atomic mass is 9.47. The van der Waals surface area contributed by atoms with Gasteiger partial charge >= 0.3 is 0 Å². The van der Waals surface area contributed by atoms with Crippen molar-refractivity contribution in [2.45, 2.75) is 65.1 Å². The second-order valence-electron chi connectivity index (χ2n) is 9.37. The van der Waals surface area contributed by atoms with Gasteiger partial charge in [-0.25, -0.2) is 0 Å². The highest BCUT2D eigenvalue weighted by atomic mass is 16.5. The van der Waals surface area contributed by atoms with Crippen LogP contribution < -0.4 is 0 Å². The van der Waals surface area contributed by atoms with E-state index in [-0.39, 0.29) is 22.5 Å². The maximum atomic E-state index is 11.8. The molecule has 0 aromatic carbocycles. The van der Waals surface area contributed by atoms with Gasteiger partial charge in [-0.3, -0.25) is 4.79 Å². The van der Waals surface area contributed by atoms with Crippen LogP contribution in [0.5, 0.6) is 0 Å². The first-order valence-corrected chi connectivity index (χ1v) is 9.55. The quantitative estimate of drug-likeness (QED) is 0.722. The summed E-state index contributed by atoms with van der Waals surface area (Å²) in [7, 11) is 0. The second-order valence-corrected chi connectivity index (χ2v) is 9.37. The third kappa shape index (κ3) is 2.13. The average molecular weight is 330 g/mol. The van der Waals surface area contributed by atoms with E-state index in [1.54, 1.807) is 13.0 Å². The van der Waals surface area contributed by atoms with Crippen molar-refractivity contribution in [1.29, 1.82) is 0 Å². The minimum atomic E-state index is -1.57. The summed E-state index contributed by atoms with van der Waals surface area (Å²) in [5.41, 5.74) is 1.38. The normalized spacial score (nSPS) is 47.7. The molecule has 2 N–H and O–H groups in total. The van der Waals surface area contributed by atoms with Crippen LogP contribution in [-0.4, -0.2) is 21.8 Å². The summed E-state index contributed by atoms with van der Waals surface area (Å²) >= 11 is 0. The molecule has 0 amide bonds. The van der Waals surface area contributed by atoms with E-state index in [0.717, 1.165) is 38.5 Å². The molecule has 0 spiro atoms. The standard InChI is InChI=1S/C21H30O3/c1-19-10-8-14(22)12-13(19)4-5-15-16-6-7-18(21(3,23)24)20(16,2)11-9-17(15)19/h8,10,12,15-18,23-24H,4-7,9,11H2,1-3H3/t15-,16-,17-,18-,19-,20-/m0/s1. The zero-order valence-corrected chi connectivity index (χ0v) is 15.1. The molecule has 4 aliphatic carbocycles. The van der Waals surface area contributed by atoms with E-state index in [9.17, 15) is 15.0 Å². The number of ketones is 1. The molecule has 4 rings (SSSR count). The Kier molecular flexibility index (Phi) is 3.48. The first kappa shape index (κ1) is 16.5. The molecule has 0 heterocycles. The third-order valence-corrected chi connectivity index (χ3v) is 8.22. The van der Waals surface area contributed by atoms with Crippen molar-refractivity contribution in [3.8, 4) is 0 Å². The number of hydrogen-bond acceptors (Lipinski definition) is 3. The van der Waals surface area contributed by atoms with Crippen molar-refractivity contribution < 1.29 is 15.0 Å². The van der Waals surface area contributed by atoms with Crippen LogP contribution in [-0.2, 0) is 4.79 Å². The summed E-state index contributed by atoms with van der Waals surface area (Å²) in [5, 5.41) is 20.6. The maximum Gasteiger partial charge on any atom is 0.178 e. The van der Waals surface area contributed by atoms with Gasteiger partial charge < -0.3 is 10.2 Å². The molecule has 132 valence electrons. The molecule has 0 aromatic heterocycles. The van der Waals surface area contributed by atoms with Gasteiger partial charge in [-0.15, -0.1) is 0 Å². The van der Waals surface area contributed by atoms with Crippen molar-refractivity contribution in [2.24, 2.45) is 34.5 Å². The van der Waals surface area contributed by atoms with Crippen molar-refractivity contribution in [1.82, 2.24) is 0 Å². The minimum absolute atomic E-state index is 0.0239. The van der Waals surface area contributed by atoms with Crippen LogP contribution in [0.2, 0.25) is 0 Å². The van der Waals surface area contributed by atoms with Crippen molar-refractivity contribution in [2.75, 3.05) is 0 Å². The summed E-state index contributed by atoms with van der Waals surface area (Å²) in [6.45, 7) is 6.18. The van der Waals surface area contributed by atoms with Crippen LogP contribution in [0.1, 0.15) is 59.3 Å². The fraction of sp³-hybridized carbons (Fsp3) is 0.762. The first-order valence-electron chi connectivity index (χ1n) is 9.55. The molecule has 4 aliphatic rings. The van der Waals surface area contributed by atoms with Gasteiger partial charge in [-0.1, -0.05) is 25.5 Å². The molecular weight excluding hydrogens is 300 g/mol. The average Bonchev–Trinajstić information content (AvgIpc) is 2.85. The second kappa shape index (κ2) is 5.04. The largest absolute Gasteiger partial charge is 0.366 e. The van der Waals surface area contributed by atoms with Gasteiger partial charge in [0.15, 0.2) is 11.6 Å². The lowest BCUT2D eigenvalue weighted by Gasteiger charge is -2.57. The smallest absolute Gasteiger partial charge is 0.178 e. The van der Waals surface area contributed by atoms with E-state index in [0.29, 0.717) is 17.8 Å². The summed E-state index contributed by atoms with van der Waals surface area (Å²) in [6.07, 6.45) is 12.2. The van der Waals surface area contributed by atoms with E-state index in [1.165, 1.54) is 5.57 Å². The first-order chi connectivity index (χ1) is 11.2. The van der Waals surface area contributed by atoms with Crippen molar-refractivity contribution in [3.05, 3.63) is 23.8 Å². The molecule has 3 fully saturated rings. The zero-order chi connectivity index (χ0) is 17.3. The maximum absolute atomic E-state index is 11.8. The van der Waals surface area contributed by atoms with E-state index < -0.39 is 5.79 Å². The van der Waals surface area contributed by atoms with Crippen LogP contribution in [0, 0.1) is 34.5 Å². The predicted molar refractivity (Wildman–Crippen MR) is 92.9 cm³/mol. The van der Waals surface area contributed by atoms with Gasteiger partial charge in [0.05, 0.1) is 0 Å². The highest BCUT2D eigenvalue weighted by molar-refractivity contribution is 6.01. The van der Waals surface area contributed by atoms with Gasteiger partial charge in [-0.05, 0) is 80.8 Å². The zero-order valence-electron chi connectivity index (χ0n) is 15.1. The number of rotatable bonds is 1. The minimum Gasteiger partial charge on any atom is -0.366 e. The fourth-order valence-corrected chi connectivity index (χ4v) is 7.10. The van der Waals surface area contributed by atoms with Crippen LogP contribution in [0.3, 0.4) is 0 Å². The van der Waals surface area contributed by atoms with Crippen LogP contribution >= 0.6 is 0 Å². The molecule has 0 aliphatic heterocycles. The Labute approximate surface area is 144 Å². The summed E-state index contributed by atoms with van der Waals surface area (Å²) in [6, 6.07) is 0. The Balaban J connectivity index is 1.67. The number of aliphatic hydroxyl groups is 2. The summed E-state index contributed by atoms with van der Waals surface area (Å²) < 4.78 is 0. The van der Waals surface area contributed by atoms with E-state index in [1.807, 2.05) is 6.08 Å². The van der Waals surface area contributed by atoms with Crippen LogP contribution in [0.25, 0.3) is 0 Å². The van der Waals surface area contributed by atoms with Gasteiger partial charge in [0.2, 0.25) is 0 Å². The highest BCUT2D eigenvalue weighted by Crippen LogP contribution is 2.67. The Hall–Kier alpha value is -0.930. The van der Waals surface area contributed by atoms with E-state index >= 15 is 0 Å². The van der Waals surface area contributed by atoms with Crippen LogP contribution in [0.15, 0.2) is 23.8 Å². The number of fused-ring (bicyclic) bond motifs is 5. The molecule has 0 saturated heterocycles. The van der Waals surface area contributed by atoms with Gasteiger partial charge in [0, 0.05) is 11.3 Å². The molecule has 3 nitrogen and oxygen atoms in total. The Morgan fingerprint density at radius 1 is 1.12 bits per heavy atom. The SMILES string of the molecule is CC(O)(O)[C@H]1CC[C@H]2[C@@H]3CCC4=CC(=O)C=C[C@]4(C)[C@H]3CC[C@]12C. The molecule has 24 heavy (non-hydrogen) atoms. The molecule has 6 atom stereocenters. The lowest BCUT2D eigenvalue weighted by Crippen LogP contribution is -2.52. The number of carbonyl (C=O) groups is 1. The number of allylic oxidation sites excluding steroid dienone is 4. The van der Waals surface area contributed by atoms with Crippen LogP contribution in [0.4, 0.5) is 0 Å². The molecule has 0 bridgehead atoms. The molecule has 0 unspecified atom stereocenters. The number of hydrogen-bond donors (Lipinski definition) is 2. The summed E-state index contributed by atoms with van der Waals surface area (Å²) in [5.74, 6) is 0.336. The van der Waals surface area contributed by atoms with Gasteiger partial charge in [-0.2, -0.15) is 0 Å². The Morgan fingerprint density at radius 3 is 2.58 bits per heavy atom. The Bertz CT molecular complexity index is 625. The molecule has 3 heteroatoms. The van der Waals surface area contributed by atoms with E-state index in [4.69, 9.17) is 0 Å². The topological polar surface area (TPSA) is 57.5 Å². The molecular formula is C21H30O3. The monoisotopic (exact) mass is 330 g/mol. The van der Waals surface area contributed by atoms with Crippen molar-refractivity contribution >= 4 is 5.78 Å². The highest BCUT2D eigenvalue weighted by Gasteiger charge is 2.61. The molecule has 0 radical (unpaired) electrons. The van der Waals surface area contributed by atoms with E-state index in [2.05, 4.69) is 19.9 Å². The summed E-state index contributed by atoms with van der Waals surface area (Å²) in [4.78, 5) is 11.8. The van der Waals surface area contributed by atoms with Crippen molar-refractivity contribution in [3.63, 3.8) is 0 Å².